The van der Waals surface area contributed by atoms with E-state index in [4.69, 9.17) is 0 Å². The molecule has 0 aliphatic heterocycles. The van der Waals surface area contributed by atoms with Gasteiger partial charge in [0.15, 0.2) is 15.0 Å². The summed E-state index contributed by atoms with van der Waals surface area (Å²) in [7, 11) is -1.81. The summed E-state index contributed by atoms with van der Waals surface area (Å²) in [6, 6.07) is 16.1. The standard InChI is InChI=1S/C21H24N4O3S2/c1-4-25(17-10-8-9-16(2)13-17)20(26)14-29-21-23-22-19(24(21)3)15-30(27,28)18-11-6-5-7-12-18/h5-13H,4,14-15H2,1-3H3. The minimum atomic E-state index is -3.52. The number of sulfone groups is 1. The average molecular weight is 445 g/mol. The highest BCUT2D eigenvalue weighted by atomic mass is 32.2. The topological polar surface area (TPSA) is 85.2 Å². The second-order valence-electron chi connectivity index (χ2n) is 6.80. The maximum atomic E-state index is 12.7. The van der Waals surface area contributed by atoms with E-state index in [0.717, 1.165) is 11.3 Å². The molecule has 1 amide bonds. The number of nitrogens with zero attached hydrogens (tertiary/aromatic N) is 4. The number of aromatic nitrogens is 3. The Morgan fingerprint density at radius 2 is 1.83 bits per heavy atom. The second-order valence-corrected chi connectivity index (χ2v) is 9.73. The van der Waals surface area contributed by atoms with Gasteiger partial charge < -0.3 is 9.47 Å². The van der Waals surface area contributed by atoms with Crippen molar-refractivity contribution in [2.75, 3.05) is 17.2 Å². The van der Waals surface area contributed by atoms with Crippen molar-refractivity contribution in [3.63, 3.8) is 0 Å². The van der Waals surface area contributed by atoms with Crippen LogP contribution < -0.4 is 4.90 Å². The van der Waals surface area contributed by atoms with E-state index in [-0.39, 0.29) is 22.3 Å². The molecule has 0 aliphatic rings. The molecule has 0 fully saturated rings. The van der Waals surface area contributed by atoms with Crippen LogP contribution in [0.15, 0.2) is 64.6 Å². The van der Waals surface area contributed by atoms with Gasteiger partial charge in [-0.05, 0) is 43.7 Å². The van der Waals surface area contributed by atoms with Crippen molar-refractivity contribution in [1.29, 1.82) is 0 Å². The number of hydrogen-bond donors (Lipinski definition) is 0. The Kier molecular flexibility index (Phi) is 6.94. The fourth-order valence-corrected chi connectivity index (χ4v) is 5.12. The molecule has 0 unspecified atom stereocenters. The van der Waals surface area contributed by atoms with Crippen LogP contribution in [0.4, 0.5) is 5.69 Å². The summed E-state index contributed by atoms with van der Waals surface area (Å²) in [4.78, 5) is 14.7. The molecule has 2 aromatic carbocycles. The van der Waals surface area contributed by atoms with Crippen molar-refractivity contribution in [1.82, 2.24) is 14.8 Å². The molecule has 0 spiro atoms. The monoisotopic (exact) mass is 444 g/mol. The predicted octanol–water partition coefficient (Wildman–Crippen LogP) is 3.24. The second kappa shape index (κ2) is 9.44. The highest BCUT2D eigenvalue weighted by Crippen LogP contribution is 2.22. The summed E-state index contributed by atoms with van der Waals surface area (Å²) in [5, 5.41) is 8.61. The van der Waals surface area contributed by atoms with Crippen LogP contribution in [0.25, 0.3) is 0 Å². The van der Waals surface area contributed by atoms with E-state index in [1.165, 1.54) is 11.8 Å². The van der Waals surface area contributed by atoms with E-state index in [0.29, 0.717) is 17.5 Å². The molecule has 1 heterocycles. The Labute approximate surface area is 181 Å². The van der Waals surface area contributed by atoms with E-state index in [2.05, 4.69) is 10.2 Å². The molecule has 7 nitrogen and oxygen atoms in total. The third kappa shape index (κ3) is 5.09. The van der Waals surface area contributed by atoms with E-state index in [1.54, 1.807) is 46.8 Å². The largest absolute Gasteiger partial charge is 0.312 e. The number of rotatable bonds is 8. The molecule has 0 N–H and O–H groups in total. The number of thioether (sulfide) groups is 1. The van der Waals surface area contributed by atoms with Crippen LogP contribution in [0, 0.1) is 6.92 Å². The number of hydrogen-bond acceptors (Lipinski definition) is 6. The molecular weight excluding hydrogens is 420 g/mol. The van der Waals surface area contributed by atoms with Crippen molar-refractivity contribution in [2.24, 2.45) is 7.05 Å². The van der Waals surface area contributed by atoms with E-state index < -0.39 is 9.84 Å². The minimum absolute atomic E-state index is 0.0467. The number of amides is 1. The van der Waals surface area contributed by atoms with Crippen LogP contribution in [0.2, 0.25) is 0 Å². The number of carbonyl (C=O) groups excluding carboxylic acids is 1. The molecular formula is C21H24N4O3S2. The van der Waals surface area contributed by atoms with Gasteiger partial charge in [0.1, 0.15) is 11.6 Å². The van der Waals surface area contributed by atoms with Gasteiger partial charge in [0.05, 0.1) is 10.6 Å². The maximum absolute atomic E-state index is 12.7. The Hall–Kier alpha value is -2.65. The Bertz CT molecular complexity index is 1130. The van der Waals surface area contributed by atoms with Crippen molar-refractivity contribution < 1.29 is 13.2 Å². The summed E-state index contributed by atoms with van der Waals surface area (Å²) < 4.78 is 26.8. The lowest BCUT2D eigenvalue weighted by molar-refractivity contribution is -0.116. The maximum Gasteiger partial charge on any atom is 0.237 e. The molecule has 3 rings (SSSR count). The predicted molar refractivity (Wildman–Crippen MR) is 118 cm³/mol. The van der Waals surface area contributed by atoms with E-state index >= 15 is 0 Å². The van der Waals surface area contributed by atoms with Gasteiger partial charge in [0.2, 0.25) is 5.91 Å². The van der Waals surface area contributed by atoms with Gasteiger partial charge >= 0.3 is 0 Å². The van der Waals surface area contributed by atoms with Crippen molar-refractivity contribution in [3.8, 4) is 0 Å². The lowest BCUT2D eigenvalue weighted by Crippen LogP contribution is -2.32. The summed E-state index contributed by atoms with van der Waals surface area (Å²) >= 11 is 1.24. The quantitative estimate of drug-likeness (QED) is 0.496. The van der Waals surface area contributed by atoms with Crippen LogP contribution >= 0.6 is 11.8 Å². The summed E-state index contributed by atoms with van der Waals surface area (Å²) in [6.45, 7) is 4.48. The van der Waals surface area contributed by atoms with Gasteiger partial charge in [0, 0.05) is 19.3 Å². The minimum Gasteiger partial charge on any atom is -0.312 e. The van der Waals surface area contributed by atoms with Gasteiger partial charge in [-0.1, -0.05) is 42.1 Å². The molecule has 3 aromatic rings. The van der Waals surface area contributed by atoms with Gasteiger partial charge in [-0.15, -0.1) is 10.2 Å². The summed E-state index contributed by atoms with van der Waals surface area (Å²) in [5.41, 5.74) is 1.94. The molecule has 0 atom stereocenters. The number of carbonyl (C=O) groups is 1. The molecule has 0 saturated carbocycles. The lowest BCUT2D eigenvalue weighted by Gasteiger charge is -2.21. The average Bonchev–Trinajstić information content (AvgIpc) is 3.06. The fraction of sp³-hybridized carbons (Fsp3) is 0.286. The van der Waals surface area contributed by atoms with Gasteiger partial charge in [0.25, 0.3) is 0 Å². The van der Waals surface area contributed by atoms with Gasteiger partial charge in [-0.3, -0.25) is 4.79 Å². The van der Waals surface area contributed by atoms with Crippen LogP contribution in [-0.4, -0.2) is 41.4 Å². The molecule has 1 aromatic heterocycles. The molecule has 0 bridgehead atoms. The first-order valence-electron chi connectivity index (χ1n) is 9.47. The van der Waals surface area contributed by atoms with Crippen LogP contribution in [0.3, 0.4) is 0 Å². The van der Waals surface area contributed by atoms with Crippen molar-refractivity contribution >= 4 is 33.2 Å². The van der Waals surface area contributed by atoms with Gasteiger partial charge in [-0.25, -0.2) is 8.42 Å². The highest BCUT2D eigenvalue weighted by molar-refractivity contribution is 7.99. The molecule has 0 saturated heterocycles. The Balaban J connectivity index is 1.68. The fourth-order valence-electron chi connectivity index (χ4n) is 2.98. The first-order chi connectivity index (χ1) is 14.3. The van der Waals surface area contributed by atoms with Crippen LogP contribution in [0.5, 0.6) is 0 Å². The van der Waals surface area contributed by atoms with Crippen LogP contribution in [0.1, 0.15) is 18.3 Å². The SMILES string of the molecule is CCN(C(=O)CSc1nnc(CS(=O)(=O)c2ccccc2)n1C)c1cccc(C)c1. The van der Waals surface area contributed by atoms with E-state index in [1.807, 2.05) is 38.1 Å². The van der Waals surface area contributed by atoms with Crippen molar-refractivity contribution in [3.05, 3.63) is 66.0 Å². The molecule has 0 radical (unpaired) electrons. The zero-order valence-electron chi connectivity index (χ0n) is 17.1. The molecule has 30 heavy (non-hydrogen) atoms. The van der Waals surface area contributed by atoms with Gasteiger partial charge in [-0.2, -0.15) is 0 Å². The number of anilines is 1. The lowest BCUT2D eigenvalue weighted by atomic mass is 10.2. The molecule has 9 heteroatoms. The highest BCUT2D eigenvalue weighted by Gasteiger charge is 2.21. The van der Waals surface area contributed by atoms with Crippen LogP contribution in [-0.2, 0) is 27.4 Å². The summed E-state index contributed by atoms with van der Waals surface area (Å²) in [5.74, 6) is 0.216. The first-order valence-corrected chi connectivity index (χ1v) is 12.1. The Morgan fingerprint density at radius 3 is 2.50 bits per heavy atom. The zero-order chi connectivity index (χ0) is 21.7. The zero-order valence-corrected chi connectivity index (χ0v) is 18.8. The molecule has 0 aliphatic carbocycles. The normalized spacial score (nSPS) is 11.4. The Morgan fingerprint density at radius 1 is 1.10 bits per heavy atom. The number of aryl methyl sites for hydroxylation is 1. The third-order valence-corrected chi connectivity index (χ3v) is 7.24. The van der Waals surface area contributed by atoms with E-state index in [9.17, 15) is 13.2 Å². The smallest absolute Gasteiger partial charge is 0.237 e. The number of benzene rings is 2. The summed E-state index contributed by atoms with van der Waals surface area (Å²) in [6.07, 6.45) is 0. The first kappa shape index (κ1) is 22.0. The molecule has 158 valence electrons. The van der Waals surface area contributed by atoms with Crippen molar-refractivity contribution in [2.45, 2.75) is 29.7 Å². The third-order valence-electron chi connectivity index (χ3n) is 4.60.